The lowest BCUT2D eigenvalue weighted by Crippen LogP contribution is -2.24. The van der Waals surface area contributed by atoms with Crippen LogP contribution in [0.3, 0.4) is 0 Å². The molecule has 2 N–H and O–H groups in total. The van der Waals surface area contributed by atoms with Crippen molar-refractivity contribution in [1.29, 1.82) is 5.26 Å². The molecule has 20 heavy (non-hydrogen) atoms. The lowest BCUT2D eigenvalue weighted by Gasteiger charge is -2.27. The van der Waals surface area contributed by atoms with Gasteiger partial charge in [0.1, 0.15) is 6.07 Å². The lowest BCUT2D eigenvalue weighted by molar-refractivity contribution is 0.0648. The SMILES string of the molecule is N#Cc1ccc(Cl)cc1NCCCC1CCCCC1O. The standard InChI is InChI=1S/C16H21ClN2O/c17-14-8-7-13(11-18)15(10-14)19-9-3-5-12-4-1-2-6-16(12)20/h7-8,10,12,16,19-20H,1-6,9H2. The molecule has 1 saturated carbocycles. The van der Waals surface area contributed by atoms with Crippen LogP contribution in [0.15, 0.2) is 18.2 Å². The first kappa shape index (κ1) is 15.2. The van der Waals surface area contributed by atoms with Crippen LogP contribution in [0, 0.1) is 17.2 Å². The minimum atomic E-state index is -0.121. The van der Waals surface area contributed by atoms with Crippen LogP contribution in [0.5, 0.6) is 0 Å². The first-order valence-corrected chi connectivity index (χ1v) is 7.70. The van der Waals surface area contributed by atoms with Crippen LogP contribution in [0.2, 0.25) is 5.02 Å². The van der Waals surface area contributed by atoms with Gasteiger partial charge in [0.05, 0.1) is 17.4 Å². The van der Waals surface area contributed by atoms with Crippen LogP contribution in [0.1, 0.15) is 44.1 Å². The van der Waals surface area contributed by atoms with Crippen LogP contribution in [-0.4, -0.2) is 17.8 Å². The third-order valence-electron chi connectivity index (χ3n) is 4.04. The van der Waals surface area contributed by atoms with Gasteiger partial charge in [-0.05, 0) is 49.8 Å². The molecule has 0 bridgehead atoms. The number of aliphatic hydroxyl groups is 1. The number of hydrogen-bond acceptors (Lipinski definition) is 3. The summed E-state index contributed by atoms with van der Waals surface area (Å²) in [5.74, 6) is 0.445. The van der Waals surface area contributed by atoms with Crippen LogP contribution >= 0.6 is 11.6 Å². The van der Waals surface area contributed by atoms with Gasteiger partial charge < -0.3 is 10.4 Å². The van der Waals surface area contributed by atoms with Crippen molar-refractivity contribution in [2.24, 2.45) is 5.92 Å². The molecule has 1 aromatic rings. The van der Waals surface area contributed by atoms with Crippen molar-refractivity contribution in [3.8, 4) is 6.07 Å². The highest BCUT2D eigenvalue weighted by Crippen LogP contribution is 2.28. The van der Waals surface area contributed by atoms with Crippen molar-refractivity contribution in [2.75, 3.05) is 11.9 Å². The maximum atomic E-state index is 9.92. The van der Waals surface area contributed by atoms with E-state index in [9.17, 15) is 5.11 Å². The van der Waals surface area contributed by atoms with Gasteiger partial charge >= 0.3 is 0 Å². The molecule has 2 atom stereocenters. The lowest BCUT2D eigenvalue weighted by atomic mass is 9.83. The molecule has 4 heteroatoms. The van der Waals surface area contributed by atoms with E-state index < -0.39 is 0 Å². The largest absolute Gasteiger partial charge is 0.393 e. The molecule has 2 rings (SSSR count). The Labute approximate surface area is 125 Å². The quantitative estimate of drug-likeness (QED) is 0.808. The van der Waals surface area contributed by atoms with Crippen molar-refractivity contribution in [3.05, 3.63) is 28.8 Å². The Morgan fingerprint density at radius 2 is 2.15 bits per heavy atom. The van der Waals surface area contributed by atoms with Gasteiger partial charge in [-0.1, -0.05) is 24.4 Å². The molecule has 0 saturated heterocycles. The summed E-state index contributed by atoms with van der Waals surface area (Å²) in [6.45, 7) is 0.804. The van der Waals surface area contributed by atoms with Crippen molar-refractivity contribution >= 4 is 17.3 Å². The van der Waals surface area contributed by atoms with Gasteiger partial charge in [0.25, 0.3) is 0 Å². The Balaban J connectivity index is 1.78. The second-order valence-electron chi connectivity index (χ2n) is 5.48. The third-order valence-corrected chi connectivity index (χ3v) is 4.27. The Kier molecular flexibility index (Phi) is 5.70. The minimum absolute atomic E-state index is 0.121. The average molecular weight is 293 g/mol. The molecular weight excluding hydrogens is 272 g/mol. The van der Waals surface area contributed by atoms with E-state index in [0.717, 1.165) is 44.3 Å². The Bertz CT molecular complexity index is 484. The second-order valence-corrected chi connectivity index (χ2v) is 5.92. The molecule has 0 spiro atoms. The molecule has 0 aromatic heterocycles. The molecule has 0 aliphatic heterocycles. The fourth-order valence-corrected chi connectivity index (χ4v) is 3.04. The second kappa shape index (κ2) is 7.52. The van der Waals surface area contributed by atoms with Gasteiger partial charge in [0.15, 0.2) is 0 Å². The number of rotatable bonds is 5. The highest BCUT2D eigenvalue weighted by Gasteiger charge is 2.22. The van der Waals surface area contributed by atoms with Crippen LogP contribution < -0.4 is 5.32 Å². The molecule has 1 aromatic carbocycles. The monoisotopic (exact) mass is 292 g/mol. The molecule has 1 aliphatic rings. The molecule has 0 amide bonds. The number of hydrogen-bond donors (Lipinski definition) is 2. The van der Waals surface area contributed by atoms with E-state index >= 15 is 0 Å². The highest BCUT2D eigenvalue weighted by molar-refractivity contribution is 6.30. The van der Waals surface area contributed by atoms with E-state index in [-0.39, 0.29) is 6.10 Å². The predicted octanol–water partition coefficient (Wildman–Crippen LogP) is 3.95. The molecule has 108 valence electrons. The number of anilines is 1. The molecule has 1 fully saturated rings. The number of nitrogens with zero attached hydrogens (tertiary/aromatic N) is 1. The molecule has 0 heterocycles. The Morgan fingerprint density at radius 1 is 1.35 bits per heavy atom. The first-order valence-electron chi connectivity index (χ1n) is 7.32. The maximum Gasteiger partial charge on any atom is 0.101 e. The maximum absolute atomic E-state index is 9.92. The molecule has 1 aliphatic carbocycles. The minimum Gasteiger partial charge on any atom is -0.393 e. The summed E-state index contributed by atoms with van der Waals surface area (Å²) in [6.07, 6.45) is 6.40. The molecule has 2 unspecified atom stereocenters. The number of nitrogens with one attached hydrogen (secondary N) is 1. The van der Waals surface area contributed by atoms with Crippen molar-refractivity contribution in [2.45, 2.75) is 44.6 Å². The normalized spacial score (nSPS) is 22.2. The third kappa shape index (κ3) is 4.13. The van der Waals surface area contributed by atoms with E-state index in [0.29, 0.717) is 16.5 Å². The summed E-state index contributed by atoms with van der Waals surface area (Å²) >= 11 is 5.94. The Hall–Kier alpha value is -1.24. The fraction of sp³-hybridized carbons (Fsp3) is 0.562. The van der Waals surface area contributed by atoms with Crippen molar-refractivity contribution < 1.29 is 5.11 Å². The zero-order valence-corrected chi connectivity index (χ0v) is 12.4. The van der Waals surface area contributed by atoms with Gasteiger partial charge in [0, 0.05) is 11.6 Å². The number of halogens is 1. The summed E-state index contributed by atoms with van der Waals surface area (Å²) in [7, 11) is 0. The first-order chi connectivity index (χ1) is 9.70. The number of aliphatic hydroxyl groups excluding tert-OH is 1. The van der Waals surface area contributed by atoms with E-state index in [1.165, 1.54) is 6.42 Å². The molecular formula is C16H21ClN2O. The predicted molar refractivity (Wildman–Crippen MR) is 81.9 cm³/mol. The van der Waals surface area contributed by atoms with Crippen LogP contribution in [0.4, 0.5) is 5.69 Å². The van der Waals surface area contributed by atoms with E-state index in [4.69, 9.17) is 16.9 Å². The Morgan fingerprint density at radius 3 is 2.90 bits per heavy atom. The zero-order chi connectivity index (χ0) is 14.4. The van der Waals surface area contributed by atoms with Gasteiger partial charge in [-0.3, -0.25) is 0 Å². The molecule has 3 nitrogen and oxygen atoms in total. The van der Waals surface area contributed by atoms with Gasteiger partial charge in [-0.15, -0.1) is 0 Å². The van der Waals surface area contributed by atoms with E-state index in [2.05, 4.69) is 11.4 Å². The summed E-state index contributed by atoms with van der Waals surface area (Å²) in [4.78, 5) is 0. The highest BCUT2D eigenvalue weighted by atomic mass is 35.5. The zero-order valence-electron chi connectivity index (χ0n) is 11.6. The smallest absolute Gasteiger partial charge is 0.101 e. The van der Waals surface area contributed by atoms with Gasteiger partial charge in [-0.25, -0.2) is 0 Å². The summed E-state index contributed by atoms with van der Waals surface area (Å²) in [5.41, 5.74) is 1.41. The van der Waals surface area contributed by atoms with E-state index in [1.54, 1.807) is 18.2 Å². The molecule has 0 radical (unpaired) electrons. The topological polar surface area (TPSA) is 56.0 Å². The summed E-state index contributed by atoms with van der Waals surface area (Å²) in [5, 5.41) is 22.9. The van der Waals surface area contributed by atoms with Crippen LogP contribution in [-0.2, 0) is 0 Å². The van der Waals surface area contributed by atoms with Crippen molar-refractivity contribution in [3.63, 3.8) is 0 Å². The fourth-order valence-electron chi connectivity index (χ4n) is 2.87. The average Bonchev–Trinajstić information content (AvgIpc) is 2.45. The summed E-state index contributed by atoms with van der Waals surface area (Å²) in [6, 6.07) is 7.40. The van der Waals surface area contributed by atoms with Gasteiger partial charge in [-0.2, -0.15) is 5.26 Å². The number of nitriles is 1. The van der Waals surface area contributed by atoms with Crippen LogP contribution in [0.25, 0.3) is 0 Å². The van der Waals surface area contributed by atoms with Gasteiger partial charge in [0.2, 0.25) is 0 Å². The van der Waals surface area contributed by atoms with Crippen molar-refractivity contribution in [1.82, 2.24) is 0 Å². The number of benzene rings is 1. The summed E-state index contributed by atoms with van der Waals surface area (Å²) < 4.78 is 0. The van der Waals surface area contributed by atoms with E-state index in [1.807, 2.05) is 0 Å².